The highest BCUT2D eigenvalue weighted by Crippen LogP contribution is 2.29. The van der Waals surface area contributed by atoms with Crippen molar-refractivity contribution in [3.8, 4) is 0 Å². The quantitative estimate of drug-likeness (QED) is 0.840. The van der Waals surface area contributed by atoms with Crippen LogP contribution in [0.15, 0.2) is 24.3 Å². The van der Waals surface area contributed by atoms with Gasteiger partial charge in [0.25, 0.3) is 0 Å². The van der Waals surface area contributed by atoms with Crippen LogP contribution in [0.5, 0.6) is 0 Å². The van der Waals surface area contributed by atoms with Crippen LogP contribution in [-0.4, -0.2) is 22.9 Å². The second kappa shape index (κ2) is 5.65. The predicted octanol–water partition coefficient (Wildman–Crippen LogP) is 2.49. The average Bonchev–Trinajstić information content (AvgIpc) is 2.75. The third-order valence-corrected chi connectivity index (χ3v) is 3.94. The Morgan fingerprint density at radius 2 is 1.94 bits per heavy atom. The Labute approximate surface area is 103 Å². The van der Waals surface area contributed by atoms with E-state index < -0.39 is 0 Å². The highest BCUT2D eigenvalue weighted by molar-refractivity contribution is 5.25. The molecule has 0 bridgehead atoms. The van der Waals surface area contributed by atoms with E-state index in [0.717, 1.165) is 25.7 Å². The monoisotopic (exact) mass is 234 g/mol. The average molecular weight is 234 g/mol. The normalized spacial score (nSPS) is 26.1. The van der Waals surface area contributed by atoms with E-state index in [9.17, 15) is 5.11 Å². The minimum atomic E-state index is -0.106. The number of aliphatic hydroxyl groups is 2. The molecule has 0 spiro atoms. The van der Waals surface area contributed by atoms with Gasteiger partial charge in [-0.15, -0.1) is 0 Å². The largest absolute Gasteiger partial charge is 0.396 e. The Balaban J connectivity index is 1.98. The lowest BCUT2D eigenvalue weighted by molar-refractivity contribution is 0.132. The predicted molar refractivity (Wildman–Crippen MR) is 69.0 cm³/mol. The summed E-state index contributed by atoms with van der Waals surface area (Å²) in [5, 5.41) is 18.9. The summed E-state index contributed by atoms with van der Waals surface area (Å²) in [5.74, 6) is 0.650. The number of rotatable bonds is 4. The maximum atomic E-state index is 9.80. The van der Waals surface area contributed by atoms with Gasteiger partial charge in [-0.3, -0.25) is 0 Å². The molecule has 2 N–H and O–H groups in total. The summed E-state index contributed by atoms with van der Waals surface area (Å²) in [6.07, 6.45) is 4.15. The zero-order valence-corrected chi connectivity index (χ0v) is 10.5. The van der Waals surface area contributed by atoms with Crippen molar-refractivity contribution < 1.29 is 10.2 Å². The number of hydrogen-bond acceptors (Lipinski definition) is 2. The zero-order chi connectivity index (χ0) is 12.3. The molecule has 2 nitrogen and oxygen atoms in total. The van der Waals surface area contributed by atoms with Crippen molar-refractivity contribution in [1.29, 1.82) is 0 Å². The van der Waals surface area contributed by atoms with Crippen LogP contribution in [0.1, 0.15) is 43.2 Å². The maximum absolute atomic E-state index is 9.80. The van der Waals surface area contributed by atoms with Crippen molar-refractivity contribution in [3.63, 3.8) is 0 Å². The van der Waals surface area contributed by atoms with E-state index in [1.807, 2.05) is 6.92 Å². The SMILES string of the molecule is CC(CO)c1ccc(CC2CCCC2O)cc1. The van der Waals surface area contributed by atoms with Crippen molar-refractivity contribution >= 4 is 0 Å². The van der Waals surface area contributed by atoms with Gasteiger partial charge in [0.2, 0.25) is 0 Å². The maximum Gasteiger partial charge on any atom is 0.0571 e. The highest BCUT2D eigenvalue weighted by Gasteiger charge is 2.25. The number of benzene rings is 1. The van der Waals surface area contributed by atoms with Crippen molar-refractivity contribution in [1.82, 2.24) is 0 Å². The van der Waals surface area contributed by atoms with Crippen LogP contribution < -0.4 is 0 Å². The second-order valence-electron chi connectivity index (χ2n) is 5.29. The topological polar surface area (TPSA) is 40.5 Å². The van der Waals surface area contributed by atoms with Crippen LogP contribution in [0.2, 0.25) is 0 Å². The molecule has 0 aliphatic heterocycles. The number of aliphatic hydroxyl groups excluding tert-OH is 2. The van der Waals surface area contributed by atoms with Gasteiger partial charge in [0.1, 0.15) is 0 Å². The van der Waals surface area contributed by atoms with E-state index >= 15 is 0 Å². The Hall–Kier alpha value is -0.860. The van der Waals surface area contributed by atoms with Gasteiger partial charge in [0.15, 0.2) is 0 Å². The molecular weight excluding hydrogens is 212 g/mol. The van der Waals surface area contributed by atoms with Gasteiger partial charge >= 0.3 is 0 Å². The molecule has 17 heavy (non-hydrogen) atoms. The summed E-state index contributed by atoms with van der Waals surface area (Å²) >= 11 is 0. The van der Waals surface area contributed by atoms with Gasteiger partial charge in [0.05, 0.1) is 6.10 Å². The molecule has 0 amide bonds. The summed E-state index contributed by atoms with van der Waals surface area (Å²) < 4.78 is 0. The van der Waals surface area contributed by atoms with Crippen molar-refractivity contribution in [2.75, 3.05) is 6.61 Å². The minimum Gasteiger partial charge on any atom is -0.396 e. The molecule has 3 unspecified atom stereocenters. The minimum absolute atomic E-state index is 0.106. The van der Waals surface area contributed by atoms with E-state index in [2.05, 4.69) is 24.3 Å². The van der Waals surface area contributed by atoms with Gasteiger partial charge in [-0.05, 0) is 36.3 Å². The van der Waals surface area contributed by atoms with Gasteiger partial charge in [0, 0.05) is 12.5 Å². The molecule has 1 aromatic carbocycles. The molecule has 0 aromatic heterocycles. The molecule has 2 heteroatoms. The molecule has 1 saturated carbocycles. The van der Waals surface area contributed by atoms with Gasteiger partial charge < -0.3 is 10.2 Å². The van der Waals surface area contributed by atoms with Gasteiger partial charge in [-0.2, -0.15) is 0 Å². The zero-order valence-electron chi connectivity index (χ0n) is 10.5. The van der Waals surface area contributed by atoms with Gasteiger partial charge in [-0.1, -0.05) is 37.6 Å². The summed E-state index contributed by atoms with van der Waals surface area (Å²) in [6, 6.07) is 8.45. The third kappa shape index (κ3) is 3.08. The Morgan fingerprint density at radius 3 is 2.47 bits per heavy atom. The number of hydrogen-bond donors (Lipinski definition) is 2. The molecule has 1 fully saturated rings. The van der Waals surface area contributed by atoms with E-state index in [-0.39, 0.29) is 18.6 Å². The summed E-state index contributed by atoms with van der Waals surface area (Å²) in [7, 11) is 0. The van der Waals surface area contributed by atoms with Crippen LogP contribution >= 0.6 is 0 Å². The van der Waals surface area contributed by atoms with Crippen molar-refractivity contribution in [2.24, 2.45) is 5.92 Å². The standard InChI is InChI=1S/C15H22O2/c1-11(10-16)13-7-5-12(6-8-13)9-14-3-2-4-15(14)17/h5-8,11,14-17H,2-4,9-10H2,1H3. The van der Waals surface area contributed by atoms with Crippen molar-refractivity contribution in [3.05, 3.63) is 35.4 Å². The summed E-state index contributed by atoms with van der Waals surface area (Å²) in [6.45, 7) is 2.22. The molecule has 1 aliphatic rings. The highest BCUT2D eigenvalue weighted by atomic mass is 16.3. The van der Waals surface area contributed by atoms with E-state index in [4.69, 9.17) is 5.11 Å². The Bertz CT molecular complexity index is 344. The lowest BCUT2D eigenvalue weighted by Gasteiger charge is -2.15. The van der Waals surface area contributed by atoms with Crippen LogP contribution in [0, 0.1) is 5.92 Å². The first kappa shape index (κ1) is 12.6. The fourth-order valence-corrected chi connectivity index (χ4v) is 2.65. The molecular formula is C15H22O2. The summed E-state index contributed by atoms with van der Waals surface area (Å²) in [5.41, 5.74) is 2.48. The van der Waals surface area contributed by atoms with Crippen LogP contribution in [0.4, 0.5) is 0 Å². The smallest absolute Gasteiger partial charge is 0.0571 e. The first-order valence-electron chi connectivity index (χ1n) is 6.58. The second-order valence-corrected chi connectivity index (χ2v) is 5.29. The van der Waals surface area contributed by atoms with Crippen molar-refractivity contribution in [2.45, 2.75) is 44.6 Å². The summed E-state index contributed by atoms with van der Waals surface area (Å²) in [4.78, 5) is 0. The lowest BCUT2D eigenvalue weighted by atomic mass is 9.94. The van der Waals surface area contributed by atoms with Crippen LogP contribution in [0.25, 0.3) is 0 Å². The molecule has 0 saturated heterocycles. The molecule has 2 rings (SSSR count). The molecule has 0 heterocycles. The Morgan fingerprint density at radius 1 is 1.24 bits per heavy atom. The third-order valence-electron chi connectivity index (χ3n) is 3.94. The molecule has 0 radical (unpaired) electrons. The first-order chi connectivity index (χ1) is 8.20. The molecule has 3 atom stereocenters. The molecule has 94 valence electrons. The van der Waals surface area contributed by atoms with Gasteiger partial charge in [-0.25, -0.2) is 0 Å². The molecule has 1 aliphatic carbocycles. The van der Waals surface area contributed by atoms with Crippen LogP contribution in [0.3, 0.4) is 0 Å². The lowest BCUT2D eigenvalue weighted by Crippen LogP contribution is -2.15. The first-order valence-corrected chi connectivity index (χ1v) is 6.58. The molecule has 1 aromatic rings. The van der Waals surface area contributed by atoms with E-state index in [0.29, 0.717) is 5.92 Å². The van der Waals surface area contributed by atoms with Crippen LogP contribution in [-0.2, 0) is 6.42 Å². The fraction of sp³-hybridized carbons (Fsp3) is 0.600. The van der Waals surface area contributed by atoms with E-state index in [1.54, 1.807) is 0 Å². The van der Waals surface area contributed by atoms with E-state index in [1.165, 1.54) is 11.1 Å². The fourth-order valence-electron chi connectivity index (χ4n) is 2.65. The Kier molecular flexibility index (Phi) is 4.19.